The summed E-state index contributed by atoms with van der Waals surface area (Å²) < 4.78 is 11.3. The van der Waals surface area contributed by atoms with E-state index in [4.69, 9.17) is 9.47 Å². The van der Waals surface area contributed by atoms with Crippen molar-refractivity contribution in [2.75, 3.05) is 39.5 Å². The third kappa shape index (κ3) is 7.28. The van der Waals surface area contributed by atoms with Crippen LogP contribution in [-0.2, 0) is 9.47 Å². The Kier molecular flexibility index (Phi) is 7.96. The number of ether oxygens (including phenoxy) is 2. The highest BCUT2D eigenvalue weighted by molar-refractivity contribution is 4.84. The van der Waals surface area contributed by atoms with E-state index in [9.17, 15) is 0 Å². The molecule has 0 unspecified atom stereocenters. The van der Waals surface area contributed by atoms with E-state index in [1.165, 1.54) is 12.8 Å². The zero-order chi connectivity index (χ0) is 14.1. The fraction of sp³-hybridized carbons (Fsp3) is 1.00. The van der Waals surface area contributed by atoms with Crippen molar-refractivity contribution in [3.8, 4) is 0 Å². The maximum atomic E-state index is 5.78. The van der Waals surface area contributed by atoms with Gasteiger partial charge in [-0.15, -0.1) is 0 Å². The van der Waals surface area contributed by atoms with Gasteiger partial charge in [0.05, 0.1) is 0 Å². The van der Waals surface area contributed by atoms with Crippen LogP contribution in [0.1, 0.15) is 47.0 Å². The number of hydrogen-bond donors (Lipinski definition) is 1. The molecule has 1 aliphatic rings. The van der Waals surface area contributed by atoms with Gasteiger partial charge in [-0.25, -0.2) is 0 Å². The molecule has 19 heavy (non-hydrogen) atoms. The van der Waals surface area contributed by atoms with E-state index in [1.807, 2.05) is 0 Å². The highest BCUT2D eigenvalue weighted by atomic mass is 16.5. The Morgan fingerprint density at radius 1 is 1.11 bits per heavy atom. The summed E-state index contributed by atoms with van der Waals surface area (Å²) in [4.78, 5) is 0. The van der Waals surface area contributed by atoms with E-state index < -0.39 is 0 Å². The summed E-state index contributed by atoms with van der Waals surface area (Å²) in [6.07, 6.45) is 3.50. The Morgan fingerprint density at radius 2 is 1.79 bits per heavy atom. The second-order valence-corrected chi connectivity index (χ2v) is 6.86. The lowest BCUT2D eigenvalue weighted by molar-refractivity contribution is -0.00879. The van der Waals surface area contributed by atoms with Crippen LogP contribution in [-0.4, -0.2) is 39.5 Å². The molecule has 1 N–H and O–H groups in total. The van der Waals surface area contributed by atoms with Gasteiger partial charge in [-0.05, 0) is 43.1 Å². The third-order valence-corrected chi connectivity index (χ3v) is 3.83. The van der Waals surface area contributed by atoms with Gasteiger partial charge in [-0.3, -0.25) is 0 Å². The van der Waals surface area contributed by atoms with Crippen molar-refractivity contribution in [3.63, 3.8) is 0 Å². The van der Waals surface area contributed by atoms with Gasteiger partial charge in [0.2, 0.25) is 0 Å². The first kappa shape index (κ1) is 16.9. The molecule has 3 heteroatoms. The van der Waals surface area contributed by atoms with Crippen molar-refractivity contribution < 1.29 is 9.47 Å². The van der Waals surface area contributed by atoms with Gasteiger partial charge in [-0.1, -0.05) is 27.7 Å². The lowest BCUT2D eigenvalue weighted by Crippen LogP contribution is -2.41. The Hall–Kier alpha value is -0.120. The summed E-state index contributed by atoms with van der Waals surface area (Å²) >= 11 is 0. The van der Waals surface area contributed by atoms with Gasteiger partial charge < -0.3 is 14.8 Å². The van der Waals surface area contributed by atoms with Crippen LogP contribution in [0.3, 0.4) is 0 Å². The molecule has 0 atom stereocenters. The van der Waals surface area contributed by atoms with E-state index in [-0.39, 0.29) is 0 Å². The topological polar surface area (TPSA) is 30.5 Å². The van der Waals surface area contributed by atoms with Crippen molar-refractivity contribution in [3.05, 3.63) is 0 Å². The Morgan fingerprint density at radius 3 is 2.37 bits per heavy atom. The molecule has 1 saturated heterocycles. The Labute approximate surface area is 119 Å². The number of nitrogens with one attached hydrogen (secondary N) is 1. The summed E-state index contributed by atoms with van der Waals surface area (Å²) in [6, 6.07) is 0. The number of hydrogen-bond acceptors (Lipinski definition) is 3. The van der Waals surface area contributed by atoms with Crippen molar-refractivity contribution in [2.45, 2.75) is 47.0 Å². The van der Waals surface area contributed by atoms with E-state index in [0.29, 0.717) is 17.3 Å². The summed E-state index contributed by atoms with van der Waals surface area (Å²) in [5, 5.41) is 3.63. The van der Waals surface area contributed by atoms with E-state index in [2.05, 4.69) is 33.0 Å². The predicted molar refractivity (Wildman–Crippen MR) is 80.5 cm³/mol. The average molecular weight is 271 g/mol. The van der Waals surface area contributed by atoms with Gasteiger partial charge in [0.15, 0.2) is 0 Å². The molecule has 0 aliphatic carbocycles. The van der Waals surface area contributed by atoms with E-state index in [0.717, 1.165) is 45.9 Å². The molecule has 0 saturated carbocycles. The van der Waals surface area contributed by atoms with Gasteiger partial charge in [0.1, 0.15) is 0 Å². The summed E-state index contributed by atoms with van der Waals surface area (Å²) in [5.74, 6) is 1.35. The predicted octanol–water partition coefficient (Wildman–Crippen LogP) is 3.09. The maximum absolute atomic E-state index is 5.78. The average Bonchev–Trinajstić information content (AvgIpc) is 2.35. The third-order valence-electron chi connectivity index (χ3n) is 3.83. The smallest absolute Gasteiger partial charge is 0.0488 e. The Bertz CT molecular complexity index is 223. The molecule has 0 spiro atoms. The fourth-order valence-corrected chi connectivity index (χ4v) is 2.55. The van der Waals surface area contributed by atoms with Crippen LogP contribution in [0.25, 0.3) is 0 Å². The molecule has 0 aromatic rings. The molecule has 114 valence electrons. The van der Waals surface area contributed by atoms with Crippen LogP contribution in [0.5, 0.6) is 0 Å². The van der Waals surface area contributed by atoms with Gasteiger partial charge in [0, 0.05) is 33.0 Å². The minimum Gasteiger partial charge on any atom is -0.381 e. The van der Waals surface area contributed by atoms with Gasteiger partial charge in [0.25, 0.3) is 0 Å². The van der Waals surface area contributed by atoms with Crippen LogP contribution >= 0.6 is 0 Å². The van der Waals surface area contributed by atoms with Gasteiger partial charge >= 0.3 is 0 Å². The normalized spacial score (nSPS) is 19.3. The molecule has 0 radical (unpaired) electrons. The zero-order valence-corrected chi connectivity index (χ0v) is 13.3. The highest BCUT2D eigenvalue weighted by Gasteiger charge is 2.31. The van der Waals surface area contributed by atoms with Crippen molar-refractivity contribution in [2.24, 2.45) is 17.3 Å². The lowest BCUT2D eigenvalue weighted by Gasteiger charge is -2.37. The van der Waals surface area contributed by atoms with Crippen molar-refractivity contribution >= 4 is 0 Å². The largest absolute Gasteiger partial charge is 0.381 e. The van der Waals surface area contributed by atoms with Gasteiger partial charge in [-0.2, -0.15) is 0 Å². The molecule has 1 rings (SSSR count). The summed E-state index contributed by atoms with van der Waals surface area (Å²) in [5.41, 5.74) is 0.393. The highest BCUT2D eigenvalue weighted by Crippen LogP contribution is 2.33. The molecular weight excluding hydrogens is 238 g/mol. The lowest BCUT2D eigenvalue weighted by atomic mass is 9.77. The maximum Gasteiger partial charge on any atom is 0.0488 e. The molecule has 0 bridgehead atoms. The van der Waals surface area contributed by atoms with Crippen LogP contribution in [0, 0.1) is 17.3 Å². The molecule has 0 aromatic carbocycles. The minimum absolute atomic E-state index is 0.393. The SMILES string of the molecule is CC(C)CNCC1(CCOCC(C)C)CCOCC1. The molecular formula is C16H33NO2. The minimum atomic E-state index is 0.393. The first-order valence-electron chi connectivity index (χ1n) is 7.90. The Balaban J connectivity index is 2.32. The number of rotatable bonds is 9. The fourth-order valence-electron chi connectivity index (χ4n) is 2.55. The molecule has 1 aliphatic heterocycles. The van der Waals surface area contributed by atoms with Crippen LogP contribution in [0.15, 0.2) is 0 Å². The van der Waals surface area contributed by atoms with Crippen molar-refractivity contribution in [1.29, 1.82) is 0 Å². The second-order valence-electron chi connectivity index (χ2n) is 6.86. The second kappa shape index (κ2) is 8.93. The molecule has 1 fully saturated rings. The van der Waals surface area contributed by atoms with Crippen molar-refractivity contribution in [1.82, 2.24) is 5.32 Å². The monoisotopic (exact) mass is 271 g/mol. The first-order chi connectivity index (χ1) is 9.04. The van der Waals surface area contributed by atoms with Crippen LogP contribution in [0.4, 0.5) is 0 Å². The summed E-state index contributed by atoms with van der Waals surface area (Å²) in [7, 11) is 0. The van der Waals surface area contributed by atoms with E-state index in [1.54, 1.807) is 0 Å². The quantitative estimate of drug-likeness (QED) is 0.654. The molecule has 0 aromatic heterocycles. The summed E-state index contributed by atoms with van der Waals surface area (Å²) in [6.45, 7) is 14.7. The zero-order valence-electron chi connectivity index (χ0n) is 13.3. The van der Waals surface area contributed by atoms with Crippen LogP contribution < -0.4 is 5.32 Å². The first-order valence-corrected chi connectivity index (χ1v) is 7.90. The van der Waals surface area contributed by atoms with Crippen LogP contribution in [0.2, 0.25) is 0 Å². The molecule has 1 heterocycles. The standard InChI is InChI=1S/C16H33NO2/c1-14(2)11-17-13-16(5-8-18-9-6-16)7-10-19-12-15(3)4/h14-15,17H,5-13H2,1-4H3. The van der Waals surface area contributed by atoms with E-state index >= 15 is 0 Å². The molecule has 0 amide bonds. The molecule has 3 nitrogen and oxygen atoms in total.